The zero-order valence-corrected chi connectivity index (χ0v) is 21.3. The fourth-order valence-electron chi connectivity index (χ4n) is 6.76. The second-order valence-corrected chi connectivity index (χ2v) is 10.9. The van der Waals surface area contributed by atoms with E-state index in [1.165, 1.54) is 88.0 Å². The van der Waals surface area contributed by atoms with Gasteiger partial charge in [-0.3, -0.25) is 0 Å². The molecule has 2 nitrogen and oxygen atoms in total. The number of fused-ring (bicyclic) bond motifs is 4. The van der Waals surface area contributed by atoms with Crippen molar-refractivity contribution in [2.45, 2.75) is 72.1 Å². The maximum absolute atomic E-state index is 6.73. The molecule has 174 valence electrons. The first-order chi connectivity index (χ1) is 16.4. The van der Waals surface area contributed by atoms with Crippen molar-refractivity contribution in [1.29, 1.82) is 0 Å². The van der Waals surface area contributed by atoms with Crippen LogP contribution in [0.15, 0.2) is 48.7 Å². The lowest BCUT2D eigenvalue weighted by Gasteiger charge is -2.39. The number of aryl methyl sites for hydroxylation is 2. The maximum atomic E-state index is 6.73. The van der Waals surface area contributed by atoms with Crippen LogP contribution in [-0.4, -0.2) is 0 Å². The lowest BCUT2D eigenvalue weighted by atomic mass is 9.66. The summed E-state index contributed by atoms with van der Waals surface area (Å²) in [5.74, 6) is 2.65. The minimum atomic E-state index is 0.571. The smallest absolute Gasteiger partial charge is 0.257 e. The number of pyridine rings is 1. The highest BCUT2D eigenvalue weighted by Gasteiger charge is 2.34. The number of nitrogens with zero attached hydrogens (tertiary/aromatic N) is 1. The van der Waals surface area contributed by atoms with Crippen LogP contribution in [0, 0.1) is 19.3 Å². The molecule has 3 aromatic carbocycles. The monoisotopic (exact) mass is 450 g/mol. The van der Waals surface area contributed by atoms with E-state index in [1.54, 1.807) is 0 Å². The lowest BCUT2D eigenvalue weighted by Crippen LogP contribution is -2.32. The van der Waals surface area contributed by atoms with E-state index >= 15 is 0 Å². The zero-order chi connectivity index (χ0) is 23.6. The molecule has 34 heavy (non-hydrogen) atoms. The van der Waals surface area contributed by atoms with E-state index < -0.39 is 0 Å². The second kappa shape index (κ2) is 7.83. The van der Waals surface area contributed by atoms with Gasteiger partial charge in [-0.1, -0.05) is 51.0 Å². The average Bonchev–Trinajstić information content (AvgIpc) is 2.86. The first-order valence-corrected chi connectivity index (χ1v) is 13.1. The number of hydrogen-bond acceptors (Lipinski definition) is 1. The summed E-state index contributed by atoms with van der Waals surface area (Å²) in [6, 6.07) is 15.9. The fourth-order valence-corrected chi connectivity index (χ4v) is 6.76. The predicted octanol–water partition coefficient (Wildman–Crippen LogP) is 8.67. The van der Waals surface area contributed by atoms with E-state index in [4.69, 9.17) is 4.74 Å². The molecule has 2 aliphatic rings. The van der Waals surface area contributed by atoms with Crippen LogP contribution in [0.3, 0.4) is 0 Å². The van der Waals surface area contributed by atoms with Gasteiger partial charge in [0.25, 0.3) is 5.69 Å². The quantitative estimate of drug-likeness (QED) is 0.251. The highest BCUT2D eigenvalue weighted by molar-refractivity contribution is 6.07. The fraction of sp³-hybridized carbons (Fsp3) is 0.406. The van der Waals surface area contributed by atoms with Crippen LogP contribution in [0.25, 0.3) is 32.8 Å². The van der Waals surface area contributed by atoms with Crippen molar-refractivity contribution in [1.82, 2.24) is 0 Å². The van der Waals surface area contributed by atoms with Gasteiger partial charge in [0, 0.05) is 16.2 Å². The molecule has 1 saturated carbocycles. The molecule has 0 unspecified atom stereocenters. The third kappa shape index (κ3) is 3.11. The third-order valence-electron chi connectivity index (χ3n) is 9.34. The minimum absolute atomic E-state index is 0.571. The SMILES string of the molecule is CCC1(CC)CCC(c2ccc3c[n+](C)c4c(c3c2)Oc2cccc3cc(C)c(C)c-4c23)CC1. The van der Waals surface area contributed by atoms with Gasteiger partial charge >= 0.3 is 0 Å². The standard InChI is InChI=1S/C32H36NO/c1-6-32(7-2)15-13-22(14-16-32)23-11-12-25-19-33(5)30-28-21(4)20(3)17-24-9-8-10-27(29(24)28)34-31(30)26(25)18-23/h8-12,17-19,22H,6-7,13-16H2,1-5H3/q+1. The Balaban J connectivity index is 1.52. The molecule has 0 spiro atoms. The Labute approximate surface area is 203 Å². The van der Waals surface area contributed by atoms with Crippen LogP contribution in [0.1, 0.15) is 75.0 Å². The molecule has 0 N–H and O–H groups in total. The van der Waals surface area contributed by atoms with Crippen LogP contribution in [0.2, 0.25) is 0 Å². The van der Waals surface area contributed by atoms with Crippen LogP contribution in [-0.2, 0) is 7.05 Å². The lowest BCUT2D eigenvalue weighted by molar-refractivity contribution is -0.659. The molecular weight excluding hydrogens is 414 g/mol. The highest BCUT2D eigenvalue weighted by atomic mass is 16.5. The van der Waals surface area contributed by atoms with Gasteiger partial charge in [-0.15, -0.1) is 0 Å². The van der Waals surface area contributed by atoms with Crippen molar-refractivity contribution < 1.29 is 9.30 Å². The van der Waals surface area contributed by atoms with E-state index in [-0.39, 0.29) is 0 Å². The molecule has 0 radical (unpaired) electrons. The van der Waals surface area contributed by atoms with Gasteiger partial charge in [-0.05, 0) is 91.1 Å². The van der Waals surface area contributed by atoms with Crippen molar-refractivity contribution in [2.75, 3.05) is 0 Å². The average molecular weight is 451 g/mol. The molecular formula is C32H36NO+. The molecule has 0 atom stereocenters. The first kappa shape index (κ1) is 21.6. The molecule has 1 aliphatic heterocycles. The number of ether oxygens (including phenoxy) is 1. The van der Waals surface area contributed by atoms with Crippen LogP contribution < -0.4 is 9.30 Å². The van der Waals surface area contributed by atoms with Crippen LogP contribution in [0.5, 0.6) is 11.5 Å². The molecule has 1 aromatic heterocycles. The van der Waals surface area contributed by atoms with E-state index in [9.17, 15) is 0 Å². The van der Waals surface area contributed by atoms with Gasteiger partial charge in [0.1, 0.15) is 12.8 Å². The Hall–Kier alpha value is -2.87. The summed E-state index contributed by atoms with van der Waals surface area (Å²) in [6.45, 7) is 9.24. The van der Waals surface area contributed by atoms with Gasteiger partial charge in [-0.25, -0.2) is 0 Å². The van der Waals surface area contributed by atoms with Gasteiger partial charge in [0.15, 0.2) is 6.20 Å². The maximum Gasteiger partial charge on any atom is 0.257 e. The summed E-state index contributed by atoms with van der Waals surface area (Å²) in [4.78, 5) is 0. The number of rotatable bonds is 3. The molecule has 0 amide bonds. The van der Waals surface area contributed by atoms with E-state index in [1.807, 2.05) is 0 Å². The van der Waals surface area contributed by atoms with Crippen molar-refractivity contribution in [3.8, 4) is 22.8 Å². The number of aromatic nitrogens is 1. The Kier molecular flexibility index (Phi) is 4.99. The number of benzene rings is 3. The first-order valence-electron chi connectivity index (χ1n) is 13.1. The van der Waals surface area contributed by atoms with Crippen molar-refractivity contribution in [2.24, 2.45) is 12.5 Å². The minimum Gasteiger partial charge on any atom is -0.449 e. The normalized spacial score (nSPS) is 17.1. The van der Waals surface area contributed by atoms with Crippen LogP contribution in [0.4, 0.5) is 0 Å². The second-order valence-electron chi connectivity index (χ2n) is 10.9. The molecule has 2 heterocycles. The largest absolute Gasteiger partial charge is 0.449 e. The Bertz CT molecular complexity index is 1430. The zero-order valence-electron chi connectivity index (χ0n) is 21.3. The van der Waals surface area contributed by atoms with Crippen molar-refractivity contribution in [3.05, 3.63) is 65.4 Å². The van der Waals surface area contributed by atoms with E-state index in [0.717, 1.165) is 11.5 Å². The van der Waals surface area contributed by atoms with Crippen LogP contribution >= 0.6 is 0 Å². The Morgan fingerprint density at radius 2 is 1.74 bits per heavy atom. The number of hydrogen-bond donors (Lipinski definition) is 0. The third-order valence-corrected chi connectivity index (χ3v) is 9.34. The molecule has 4 aromatic rings. The molecule has 0 saturated heterocycles. The molecule has 2 heteroatoms. The van der Waals surface area contributed by atoms with Crippen molar-refractivity contribution in [3.63, 3.8) is 0 Å². The highest BCUT2D eigenvalue weighted by Crippen LogP contribution is 2.51. The van der Waals surface area contributed by atoms with Gasteiger partial charge < -0.3 is 4.74 Å². The van der Waals surface area contributed by atoms with E-state index in [0.29, 0.717) is 11.3 Å². The summed E-state index contributed by atoms with van der Waals surface area (Å²) in [7, 11) is 2.16. The molecule has 6 rings (SSSR count). The Morgan fingerprint density at radius 3 is 2.47 bits per heavy atom. The summed E-state index contributed by atoms with van der Waals surface area (Å²) >= 11 is 0. The Morgan fingerprint density at radius 1 is 0.971 bits per heavy atom. The predicted molar refractivity (Wildman–Crippen MR) is 142 cm³/mol. The van der Waals surface area contributed by atoms with Gasteiger partial charge in [-0.2, -0.15) is 4.57 Å². The summed E-state index contributed by atoms with van der Waals surface area (Å²) in [6.07, 6.45) is 10.2. The summed E-state index contributed by atoms with van der Waals surface area (Å²) in [5.41, 5.74) is 7.26. The molecule has 0 bridgehead atoms. The summed E-state index contributed by atoms with van der Waals surface area (Å²) in [5, 5.41) is 5.00. The molecule has 1 aliphatic carbocycles. The van der Waals surface area contributed by atoms with E-state index in [2.05, 4.69) is 88.0 Å². The van der Waals surface area contributed by atoms with Gasteiger partial charge in [0.2, 0.25) is 5.75 Å². The van der Waals surface area contributed by atoms with Crippen molar-refractivity contribution >= 4 is 21.5 Å². The summed E-state index contributed by atoms with van der Waals surface area (Å²) < 4.78 is 9.00. The van der Waals surface area contributed by atoms with Gasteiger partial charge in [0.05, 0.1) is 5.56 Å². The topological polar surface area (TPSA) is 13.1 Å². The molecule has 1 fully saturated rings.